The number of amides is 2. The van der Waals surface area contributed by atoms with Crippen LogP contribution in [0.5, 0.6) is 0 Å². The lowest BCUT2D eigenvalue weighted by Crippen LogP contribution is -2.47. The number of hydrogen-bond donors (Lipinski definition) is 1. The zero-order chi connectivity index (χ0) is 33.5. The number of aromatic nitrogens is 6. The lowest BCUT2D eigenvalue weighted by atomic mass is 10.0. The van der Waals surface area contributed by atoms with Crippen molar-refractivity contribution in [3.05, 3.63) is 129 Å². The van der Waals surface area contributed by atoms with Gasteiger partial charge in [0.25, 0.3) is 11.8 Å². The second kappa shape index (κ2) is 12.7. The van der Waals surface area contributed by atoms with E-state index in [9.17, 15) is 14.4 Å². The summed E-state index contributed by atoms with van der Waals surface area (Å²) in [6.07, 6.45) is 4.93. The summed E-state index contributed by atoms with van der Waals surface area (Å²) in [5, 5.41) is 3.07. The topological polar surface area (TPSA) is 120 Å². The monoisotopic (exact) mass is 704 g/mol. The highest BCUT2D eigenvalue weighted by atomic mass is 79.9. The van der Waals surface area contributed by atoms with E-state index >= 15 is 0 Å². The molecule has 0 saturated carbocycles. The van der Waals surface area contributed by atoms with Crippen molar-refractivity contribution in [3.63, 3.8) is 0 Å². The highest BCUT2D eigenvalue weighted by Crippen LogP contribution is 2.27. The average molecular weight is 706 g/mol. The first kappa shape index (κ1) is 31.3. The molecule has 1 atom stereocenters. The van der Waals surface area contributed by atoms with E-state index in [4.69, 9.17) is 0 Å². The predicted molar refractivity (Wildman–Crippen MR) is 186 cm³/mol. The second-order valence-corrected chi connectivity index (χ2v) is 12.8. The summed E-state index contributed by atoms with van der Waals surface area (Å²) in [6, 6.07) is 20.3. The van der Waals surface area contributed by atoms with Gasteiger partial charge in [-0.3, -0.25) is 18.7 Å². The van der Waals surface area contributed by atoms with Crippen LogP contribution in [-0.2, 0) is 26.2 Å². The maximum absolute atomic E-state index is 14.3. The molecule has 3 aromatic heterocycles. The van der Waals surface area contributed by atoms with Gasteiger partial charge in [-0.15, -0.1) is 0 Å². The summed E-state index contributed by atoms with van der Waals surface area (Å²) < 4.78 is 6.01. The Bertz CT molecular complexity index is 2260. The third-order valence-corrected chi connectivity index (χ3v) is 9.83. The minimum Gasteiger partial charge on any atom is -0.347 e. The molecule has 3 aromatic carbocycles. The minimum absolute atomic E-state index is 0.0876. The van der Waals surface area contributed by atoms with Gasteiger partial charge < -0.3 is 14.8 Å². The lowest BCUT2D eigenvalue weighted by molar-refractivity contribution is 0.0610. The number of carbonyl (C=O) groups is 2. The molecule has 0 saturated heterocycles. The van der Waals surface area contributed by atoms with Crippen molar-refractivity contribution >= 4 is 38.8 Å². The SMILES string of the molecule is CCn1cnc2cc(-n3c(C(=O)NCc4ccccc4-c4ccncn4)c4n(c3=O)CC(C)N(C(=O)c3ccc(Br)c(C)c3)C4)ccc21. The minimum atomic E-state index is -0.432. The van der Waals surface area contributed by atoms with Gasteiger partial charge in [-0.2, -0.15) is 0 Å². The van der Waals surface area contributed by atoms with Gasteiger partial charge in [0.1, 0.15) is 12.0 Å². The fourth-order valence-corrected chi connectivity index (χ4v) is 6.63. The van der Waals surface area contributed by atoms with Crippen molar-refractivity contribution in [2.45, 2.75) is 53.0 Å². The van der Waals surface area contributed by atoms with Gasteiger partial charge in [-0.25, -0.2) is 19.7 Å². The molecule has 0 radical (unpaired) electrons. The van der Waals surface area contributed by atoms with Gasteiger partial charge in [-0.05, 0) is 74.4 Å². The van der Waals surface area contributed by atoms with E-state index in [1.165, 1.54) is 10.9 Å². The molecule has 1 N–H and O–H groups in total. The van der Waals surface area contributed by atoms with Crippen LogP contribution in [0.1, 0.15) is 51.5 Å². The largest absolute Gasteiger partial charge is 0.347 e. The van der Waals surface area contributed by atoms with Crippen molar-refractivity contribution in [1.82, 2.24) is 38.9 Å². The molecule has 1 aliphatic heterocycles. The van der Waals surface area contributed by atoms with E-state index in [1.807, 2.05) is 86.0 Å². The Labute approximate surface area is 285 Å². The summed E-state index contributed by atoms with van der Waals surface area (Å²) in [7, 11) is 0. The lowest BCUT2D eigenvalue weighted by Gasteiger charge is -2.34. The summed E-state index contributed by atoms with van der Waals surface area (Å²) in [4.78, 5) is 57.1. The third-order valence-electron chi connectivity index (χ3n) is 8.94. The fraction of sp³-hybridized carbons (Fsp3) is 0.222. The molecular weight excluding hydrogens is 672 g/mol. The smallest absolute Gasteiger partial charge is 0.333 e. The first-order chi connectivity index (χ1) is 23.2. The van der Waals surface area contributed by atoms with Crippen LogP contribution >= 0.6 is 15.9 Å². The quantitative estimate of drug-likeness (QED) is 0.234. The number of nitrogens with one attached hydrogen (secondary N) is 1. The van der Waals surface area contributed by atoms with Crippen LogP contribution in [-0.4, -0.2) is 51.4 Å². The summed E-state index contributed by atoms with van der Waals surface area (Å²) in [5.41, 5.74) is 6.43. The molecule has 7 rings (SSSR count). The molecule has 0 fully saturated rings. The van der Waals surface area contributed by atoms with Crippen LogP contribution in [0.3, 0.4) is 0 Å². The summed E-state index contributed by atoms with van der Waals surface area (Å²) in [6.45, 7) is 7.16. The number of imidazole rings is 2. The van der Waals surface area contributed by atoms with E-state index < -0.39 is 5.91 Å². The number of nitrogens with zero attached hydrogens (tertiary/aromatic N) is 7. The normalized spacial score (nSPS) is 14.2. The summed E-state index contributed by atoms with van der Waals surface area (Å²) in [5.74, 6) is -0.597. The van der Waals surface area contributed by atoms with Crippen LogP contribution in [0.15, 0.2) is 94.8 Å². The average Bonchev–Trinajstić information content (AvgIpc) is 3.65. The van der Waals surface area contributed by atoms with Crippen LogP contribution in [0, 0.1) is 6.92 Å². The van der Waals surface area contributed by atoms with Crippen molar-refractivity contribution in [2.75, 3.05) is 0 Å². The molecule has 1 unspecified atom stereocenters. The molecule has 242 valence electrons. The molecule has 2 amide bonds. The number of halogens is 1. The van der Waals surface area contributed by atoms with Crippen LogP contribution in [0.2, 0.25) is 0 Å². The molecule has 6 aromatic rings. The van der Waals surface area contributed by atoms with Crippen molar-refractivity contribution < 1.29 is 9.59 Å². The van der Waals surface area contributed by atoms with Gasteiger partial charge in [-0.1, -0.05) is 40.2 Å². The molecule has 0 spiro atoms. The van der Waals surface area contributed by atoms with Crippen molar-refractivity contribution in [1.29, 1.82) is 0 Å². The Morgan fingerprint density at radius 3 is 2.65 bits per heavy atom. The Balaban J connectivity index is 1.30. The maximum Gasteiger partial charge on any atom is 0.333 e. The molecule has 0 aliphatic carbocycles. The molecule has 12 heteroatoms. The van der Waals surface area contributed by atoms with Crippen LogP contribution in [0.4, 0.5) is 0 Å². The Hall–Kier alpha value is -5.36. The third kappa shape index (κ3) is 5.51. The first-order valence-corrected chi connectivity index (χ1v) is 16.5. The number of aryl methyl sites for hydroxylation is 2. The predicted octanol–water partition coefficient (Wildman–Crippen LogP) is 5.51. The van der Waals surface area contributed by atoms with Gasteiger partial charge in [0.15, 0.2) is 0 Å². The molecule has 48 heavy (non-hydrogen) atoms. The maximum atomic E-state index is 14.3. The van der Waals surface area contributed by atoms with E-state index in [0.29, 0.717) is 22.5 Å². The highest BCUT2D eigenvalue weighted by molar-refractivity contribution is 9.10. The standard InChI is InChI=1S/C36H33BrN8O3/c1-4-42-21-41-30-16-26(10-12-31(30)42)45-33(34(46)39-17-25-7-5-6-8-27(25)29-13-14-38-20-40-29)32-19-43(23(3)18-44(32)36(45)48)35(47)24-9-11-28(37)22(2)15-24/h5-16,20-21,23H,4,17-19H2,1-3H3,(H,39,46). The fourth-order valence-electron chi connectivity index (χ4n) is 6.38. The summed E-state index contributed by atoms with van der Waals surface area (Å²) >= 11 is 3.51. The van der Waals surface area contributed by atoms with E-state index in [1.54, 1.807) is 28.1 Å². The van der Waals surface area contributed by atoms with E-state index in [-0.39, 0.29) is 43.0 Å². The number of hydrogen-bond acceptors (Lipinski definition) is 6. The van der Waals surface area contributed by atoms with Gasteiger partial charge in [0, 0.05) is 47.5 Å². The first-order valence-electron chi connectivity index (χ1n) is 15.7. The number of benzene rings is 3. The number of carbonyl (C=O) groups excluding carboxylic acids is 2. The Morgan fingerprint density at radius 1 is 1.04 bits per heavy atom. The molecule has 4 heterocycles. The molecule has 11 nitrogen and oxygen atoms in total. The van der Waals surface area contributed by atoms with Crippen molar-refractivity contribution in [3.8, 4) is 16.9 Å². The molecular formula is C36H33BrN8O3. The van der Waals surface area contributed by atoms with Gasteiger partial charge >= 0.3 is 5.69 Å². The van der Waals surface area contributed by atoms with E-state index in [2.05, 4.69) is 36.2 Å². The number of rotatable bonds is 7. The number of fused-ring (bicyclic) bond motifs is 2. The van der Waals surface area contributed by atoms with Gasteiger partial charge in [0.05, 0.1) is 41.0 Å². The second-order valence-electron chi connectivity index (χ2n) is 11.9. The highest BCUT2D eigenvalue weighted by Gasteiger charge is 2.35. The molecule has 0 bridgehead atoms. The Morgan fingerprint density at radius 2 is 1.88 bits per heavy atom. The van der Waals surface area contributed by atoms with Crippen LogP contribution in [0.25, 0.3) is 28.0 Å². The van der Waals surface area contributed by atoms with Crippen molar-refractivity contribution in [2.24, 2.45) is 0 Å². The molecule has 1 aliphatic rings. The van der Waals surface area contributed by atoms with Crippen LogP contribution < -0.4 is 11.0 Å². The van der Waals surface area contributed by atoms with Gasteiger partial charge in [0.2, 0.25) is 0 Å². The zero-order valence-corrected chi connectivity index (χ0v) is 28.3. The Kier molecular flexibility index (Phi) is 8.26. The zero-order valence-electron chi connectivity index (χ0n) is 26.7. The van der Waals surface area contributed by atoms with E-state index in [0.717, 1.165) is 38.9 Å².